The Morgan fingerprint density at radius 1 is 0.794 bits per heavy atom. The molecule has 176 valence electrons. The second-order valence-corrected chi connectivity index (χ2v) is 9.35. The maximum Gasteiger partial charge on any atom is 0.338 e. The summed E-state index contributed by atoms with van der Waals surface area (Å²) in [4.78, 5) is 36.1. The number of carbonyl (C=O) groups is 3. The Hall–Kier alpha value is -3.98. The van der Waals surface area contributed by atoms with Gasteiger partial charge in [-0.05, 0) is 81.4 Å². The molecule has 0 bridgehead atoms. The highest BCUT2D eigenvalue weighted by Gasteiger charge is 2.20. The summed E-state index contributed by atoms with van der Waals surface area (Å²) < 4.78 is 32.8. The van der Waals surface area contributed by atoms with E-state index < -0.39 is 28.0 Å². The molecular weight excluding hydrogens is 456 g/mol. The van der Waals surface area contributed by atoms with E-state index in [0.29, 0.717) is 16.9 Å². The largest absolute Gasteiger partial charge is 0.449 e. The first-order valence-electron chi connectivity index (χ1n) is 10.4. The number of carbonyl (C=O) groups excluding carboxylic acids is 3. The topological polar surface area (TPSA) is 119 Å². The lowest BCUT2D eigenvalue weighted by Crippen LogP contribution is -2.30. The van der Waals surface area contributed by atoms with Crippen LogP contribution in [-0.4, -0.2) is 32.2 Å². The summed E-state index contributed by atoms with van der Waals surface area (Å²) in [6.07, 6.45) is -1.11. The van der Waals surface area contributed by atoms with Crippen molar-refractivity contribution in [2.45, 2.75) is 31.8 Å². The predicted molar refractivity (Wildman–Crippen MR) is 128 cm³/mol. The first kappa shape index (κ1) is 24.7. The number of anilines is 2. The van der Waals surface area contributed by atoms with E-state index in [1.165, 1.54) is 38.1 Å². The maximum absolute atomic E-state index is 12.6. The molecule has 2 N–H and O–H groups in total. The van der Waals surface area contributed by atoms with E-state index in [9.17, 15) is 22.8 Å². The van der Waals surface area contributed by atoms with Crippen molar-refractivity contribution in [3.8, 4) is 0 Å². The number of rotatable bonds is 8. The Balaban J connectivity index is 1.60. The standard InChI is InChI=1S/C25H24N2O6S/c1-16-4-10-22(11-5-16)27-34(31,32)23-14-8-20(9-15-23)25(30)33-18(3)24(29)26-21-12-6-19(7-13-21)17(2)28/h4-15,18,27H,1-3H3,(H,26,29). The number of hydrogen-bond donors (Lipinski definition) is 2. The number of ether oxygens (including phenoxy) is 1. The third kappa shape index (κ3) is 6.29. The Morgan fingerprint density at radius 3 is 1.88 bits per heavy atom. The number of aryl methyl sites for hydroxylation is 1. The fourth-order valence-electron chi connectivity index (χ4n) is 2.92. The summed E-state index contributed by atoms with van der Waals surface area (Å²) in [7, 11) is -3.84. The molecule has 1 atom stereocenters. The molecule has 0 aliphatic rings. The normalized spacial score (nSPS) is 11.9. The number of nitrogens with one attached hydrogen (secondary N) is 2. The van der Waals surface area contributed by atoms with Crippen LogP contribution in [0.2, 0.25) is 0 Å². The molecule has 0 radical (unpaired) electrons. The SMILES string of the molecule is CC(=O)c1ccc(NC(=O)C(C)OC(=O)c2ccc(S(=O)(=O)Nc3ccc(C)cc3)cc2)cc1. The molecule has 1 amide bonds. The number of Topliss-reactive ketones (excluding diaryl/α,β-unsaturated/α-hetero) is 1. The zero-order chi connectivity index (χ0) is 24.9. The number of hydrogen-bond acceptors (Lipinski definition) is 6. The molecule has 0 aromatic heterocycles. The van der Waals surface area contributed by atoms with Crippen molar-refractivity contribution in [1.82, 2.24) is 0 Å². The lowest BCUT2D eigenvalue weighted by atomic mass is 10.1. The van der Waals surface area contributed by atoms with Gasteiger partial charge >= 0.3 is 5.97 Å². The average molecular weight is 481 g/mol. The fourth-order valence-corrected chi connectivity index (χ4v) is 3.98. The lowest BCUT2D eigenvalue weighted by Gasteiger charge is -2.14. The quantitative estimate of drug-likeness (QED) is 0.369. The highest BCUT2D eigenvalue weighted by atomic mass is 32.2. The average Bonchev–Trinajstić information content (AvgIpc) is 2.80. The van der Waals surface area contributed by atoms with Gasteiger partial charge < -0.3 is 10.1 Å². The molecule has 0 aliphatic heterocycles. The number of ketones is 1. The summed E-state index contributed by atoms with van der Waals surface area (Å²) in [6, 6.07) is 18.4. The van der Waals surface area contributed by atoms with Crippen LogP contribution in [-0.2, 0) is 19.6 Å². The molecule has 0 aliphatic carbocycles. The van der Waals surface area contributed by atoms with E-state index in [4.69, 9.17) is 4.74 Å². The number of amides is 1. The van der Waals surface area contributed by atoms with Crippen LogP contribution in [0.25, 0.3) is 0 Å². The van der Waals surface area contributed by atoms with Gasteiger partial charge in [-0.25, -0.2) is 13.2 Å². The Bertz CT molecular complexity index is 1300. The van der Waals surface area contributed by atoms with Gasteiger partial charge in [-0.1, -0.05) is 17.7 Å². The summed E-state index contributed by atoms with van der Waals surface area (Å²) in [6.45, 7) is 4.76. The molecule has 0 fully saturated rings. The molecule has 0 spiro atoms. The van der Waals surface area contributed by atoms with Gasteiger partial charge in [0.05, 0.1) is 10.5 Å². The highest BCUT2D eigenvalue weighted by molar-refractivity contribution is 7.92. The second-order valence-electron chi connectivity index (χ2n) is 7.67. The molecular formula is C25H24N2O6S. The second kappa shape index (κ2) is 10.3. The van der Waals surface area contributed by atoms with Crippen molar-refractivity contribution in [3.63, 3.8) is 0 Å². The third-order valence-electron chi connectivity index (χ3n) is 4.92. The van der Waals surface area contributed by atoms with Crippen LogP contribution in [0, 0.1) is 6.92 Å². The Labute approximate surface area is 198 Å². The smallest absolute Gasteiger partial charge is 0.338 e. The molecule has 1 unspecified atom stereocenters. The Morgan fingerprint density at radius 2 is 1.32 bits per heavy atom. The van der Waals surface area contributed by atoms with Crippen molar-refractivity contribution in [1.29, 1.82) is 0 Å². The van der Waals surface area contributed by atoms with Crippen LogP contribution >= 0.6 is 0 Å². The third-order valence-corrected chi connectivity index (χ3v) is 6.31. The minimum absolute atomic E-state index is 0.0237. The van der Waals surface area contributed by atoms with Gasteiger partial charge in [0.2, 0.25) is 0 Å². The maximum atomic E-state index is 12.6. The van der Waals surface area contributed by atoms with Gasteiger partial charge in [-0.15, -0.1) is 0 Å². The number of esters is 1. The molecule has 3 aromatic rings. The minimum Gasteiger partial charge on any atom is -0.449 e. The van der Waals surface area contributed by atoms with Crippen LogP contribution in [0.5, 0.6) is 0 Å². The van der Waals surface area contributed by atoms with Crippen LogP contribution in [0.15, 0.2) is 77.7 Å². The fraction of sp³-hybridized carbons (Fsp3) is 0.160. The van der Waals surface area contributed by atoms with Crippen molar-refractivity contribution < 1.29 is 27.5 Å². The number of sulfonamides is 1. The van der Waals surface area contributed by atoms with Gasteiger partial charge in [0.25, 0.3) is 15.9 Å². The van der Waals surface area contributed by atoms with Crippen LogP contribution in [0.1, 0.15) is 40.1 Å². The molecule has 0 saturated carbocycles. The molecule has 3 aromatic carbocycles. The van der Waals surface area contributed by atoms with Crippen LogP contribution in [0.4, 0.5) is 11.4 Å². The van der Waals surface area contributed by atoms with Crippen LogP contribution in [0.3, 0.4) is 0 Å². The minimum atomic E-state index is -3.84. The first-order valence-corrected chi connectivity index (χ1v) is 11.9. The molecule has 3 rings (SSSR count). The van der Waals surface area contributed by atoms with Gasteiger partial charge in [0.15, 0.2) is 11.9 Å². The zero-order valence-electron chi connectivity index (χ0n) is 18.9. The monoisotopic (exact) mass is 480 g/mol. The van der Waals surface area contributed by atoms with E-state index in [-0.39, 0.29) is 16.2 Å². The predicted octanol–water partition coefficient (Wildman–Crippen LogP) is 4.18. The summed E-state index contributed by atoms with van der Waals surface area (Å²) in [5.74, 6) is -1.42. The van der Waals surface area contributed by atoms with Gasteiger partial charge in [-0.3, -0.25) is 14.3 Å². The van der Waals surface area contributed by atoms with E-state index in [1.807, 2.05) is 6.92 Å². The summed E-state index contributed by atoms with van der Waals surface area (Å²) >= 11 is 0. The van der Waals surface area contributed by atoms with Crippen molar-refractivity contribution >= 4 is 39.1 Å². The summed E-state index contributed by atoms with van der Waals surface area (Å²) in [5.41, 5.74) is 2.48. The first-order chi connectivity index (χ1) is 16.0. The molecule has 9 heteroatoms. The molecule has 34 heavy (non-hydrogen) atoms. The number of benzene rings is 3. The Kier molecular flexibility index (Phi) is 7.47. The van der Waals surface area contributed by atoms with Gasteiger partial charge in [0.1, 0.15) is 0 Å². The van der Waals surface area contributed by atoms with Crippen molar-refractivity contribution in [2.75, 3.05) is 10.0 Å². The highest BCUT2D eigenvalue weighted by Crippen LogP contribution is 2.18. The summed E-state index contributed by atoms with van der Waals surface area (Å²) in [5, 5.41) is 2.61. The van der Waals surface area contributed by atoms with Crippen molar-refractivity contribution in [3.05, 3.63) is 89.5 Å². The zero-order valence-corrected chi connectivity index (χ0v) is 19.7. The van der Waals surface area contributed by atoms with Crippen LogP contribution < -0.4 is 10.0 Å². The van der Waals surface area contributed by atoms with Gasteiger partial charge in [-0.2, -0.15) is 0 Å². The van der Waals surface area contributed by atoms with Crippen molar-refractivity contribution in [2.24, 2.45) is 0 Å². The molecule has 8 nitrogen and oxygen atoms in total. The molecule has 0 saturated heterocycles. The van der Waals surface area contributed by atoms with Gasteiger partial charge in [0, 0.05) is 16.9 Å². The van der Waals surface area contributed by atoms with E-state index >= 15 is 0 Å². The van der Waals surface area contributed by atoms with E-state index in [2.05, 4.69) is 10.0 Å². The van der Waals surface area contributed by atoms with E-state index in [1.54, 1.807) is 48.5 Å². The van der Waals surface area contributed by atoms with E-state index in [0.717, 1.165) is 5.56 Å². The molecule has 0 heterocycles. The lowest BCUT2D eigenvalue weighted by molar-refractivity contribution is -0.123.